The minimum Gasteiger partial charge on any atom is -0.482 e. The van der Waals surface area contributed by atoms with Gasteiger partial charge in [0, 0.05) is 13.1 Å². The molecule has 0 spiro atoms. The van der Waals surface area contributed by atoms with Crippen molar-refractivity contribution in [1.82, 2.24) is 4.90 Å². The Hall–Kier alpha value is -2.24. The Kier molecular flexibility index (Phi) is 3.45. The van der Waals surface area contributed by atoms with Crippen molar-refractivity contribution in [3.63, 3.8) is 0 Å². The molecule has 1 aromatic rings. The van der Waals surface area contributed by atoms with E-state index in [0.29, 0.717) is 24.5 Å². The maximum atomic E-state index is 12.0. The lowest BCUT2D eigenvalue weighted by Gasteiger charge is -2.30. The molecule has 0 aromatic heterocycles. The number of nitrogens with zero attached hydrogens (tertiary/aromatic N) is 1. The van der Waals surface area contributed by atoms with E-state index in [1.165, 1.54) is 0 Å². The summed E-state index contributed by atoms with van der Waals surface area (Å²) >= 11 is 0. The second-order valence-corrected chi connectivity index (χ2v) is 5.56. The minimum atomic E-state index is -0.289. The molecule has 0 aliphatic carbocycles. The first-order valence-corrected chi connectivity index (χ1v) is 7.07. The summed E-state index contributed by atoms with van der Waals surface area (Å²) in [6, 6.07) is 3.84. The molecule has 1 N–H and O–H groups in total. The molecule has 3 rings (SSSR count). The van der Waals surface area contributed by atoms with Crippen molar-refractivity contribution in [3.8, 4) is 5.75 Å². The number of ether oxygens (including phenoxy) is 2. The molecule has 0 fully saturated rings. The zero-order valence-corrected chi connectivity index (χ0v) is 12.1. The molecule has 112 valence electrons. The first-order chi connectivity index (χ1) is 10.0. The van der Waals surface area contributed by atoms with Crippen molar-refractivity contribution >= 4 is 17.7 Å². The summed E-state index contributed by atoms with van der Waals surface area (Å²) in [5.74, 6) is 0.521. The number of carbonyl (C=O) groups excluding carboxylic acids is 2. The second-order valence-electron chi connectivity index (χ2n) is 5.56. The molecular weight excluding hydrogens is 272 g/mol. The summed E-state index contributed by atoms with van der Waals surface area (Å²) in [6.45, 7) is 4.83. The number of fused-ring (bicyclic) bond motifs is 2. The first-order valence-electron chi connectivity index (χ1n) is 7.07. The highest BCUT2D eigenvalue weighted by Gasteiger charge is 2.25. The van der Waals surface area contributed by atoms with Gasteiger partial charge >= 0.3 is 6.09 Å². The minimum absolute atomic E-state index is 0.0326. The van der Waals surface area contributed by atoms with Crippen LogP contribution < -0.4 is 10.1 Å². The van der Waals surface area contributed by atoms with E-state index in [4.69, 9.17) is 9.47 Å². The van der Waals surface area contributed by atoms with Gasteiger partial charge in [-0.1, -0.05) is 0 Å². The van der Waals surface area contributed by atoms with Crippen molar-refractivity contribution in [3.05, 3.63) is 23.3 Å². The van der Waals surface area contributed by atoms with E-state index in [-0.39, 0.29) is 24.7 Å². The third-order valence-corrected chi connectivity index (χ3v) is 3.54. The van der Waals surface area contributed by atoms with Crippen LogP contribution in [0.2, 0.25) is 0 Å². The largest absolute Gasteiger partial charge is 0.482 e. The van der Waals surface area contributed by atoms with Gasteiger partial charge in [-0.05, 0) is 43.5 Å². The first kappa shape index (κ1) is 13.7. The molecule has 21 heavy (non-hydrogen) atoms. The van der Waals surface area contributed by atoms with E-state index in [0.717, 1.165) is 17.5 Å². The molecule has 0 radical (unpaired) electrons. The number of hydrogen-bond acceptors (Lipinski definition) is 4. The smallest absolute Gasteiger partial charge is 0.410 e. The lowest BCUT2D eigenvalue weighted by Crippen LogP contribution is -2.37. The van der Waals surface area contributed by atoms with Crippen LogP contribution in [0.1, 0.15) is 25.0 Å². The number of carbonyl (C=O) groups is 2. The Morgan fingerprint density at radius 3 is 2.95 bits per heavy atom. The Bertz CT molecular complexity index is 598. The van der Waals surface area contributed by atoms with E-state index >= 15 is 0 Å². The number of rotatable bonds is 1. The van der Waals surface area contributed by atoms with Gasteiger partial charge < -0.3 is 19.7 Å². The third-order valence-electron chi connectivity index (χ3n) is 3.54. The molecule has 2 aliphatic rings. The normalized spacial score (nSPS) is 16.7. The fraction of sp³-hybridized carbons (Fsp3) is 0.467. The van der Waals surface area contributed by atoms with Gasteiger partial charge in [0.2, 0.25) is 0 Å². The Morgan fingerprint density at radius 1 is 1.38 bits per heavy atom. The van der Waals surface area contributed by atoms with E-state index in [9.17, 15) is 9.59 Å². The highest BCUT2D eigenvalue weighted by Crippen LogP contribution is 2.33. The number of hydrogen-bond donors (Lipinski definition) is 1. The van der Waals surface area contributed by atoms with Crippen molar-refractivity contribution in [2.75, 3.05) is 18.5 Å². The molecule has 0 atom stereocenters. The van der Waals surface area contributed by atoms with E-state index < -0.39 is 0 Å². The standard InChI is InChI=1S/C15H18N2O4/c1-9(2)21-15(19)17-4-3-10-5-12-13(6-11(10)7-17)20-8-14(18)16-12/h5-6,9H,3-4,7-8H2,1-2H3,(H,16,18). The SMILES string of the molecule is CC(C)OC(=O)N1CCc2cc3c(cc2C1)OCC(=O)N3. The van der Waals surface area contributed by atoms with Crippen LogP contribution in [0.5, 0.6) is 5.75 Å². The van der Waals surface area contributed by atoms with Crippen LogP contribution >= 0.6 is 0 Å². The number of amides is 2. The van der Waals surface area contributed by atoms with Crippen LogP contribution in [-0.2, 0) is 22.5 Å². The molecule has 2 amide bonds. The summed E-state index contributed by atoms with van der Waals surface area (Å²) in [5, 5.41) is 2.80. The van der Waals surface area contributed by atoms with Gasteiger partial charge in [-0.15, -0.1) is 0 Å². The summed E-state index contributed by atoms with van der Waals surface area (Å²) < 4.78 is 10.6. The highest BCUT2D eigenvalue weighted by molar-refractivity contribution is 5.95. The van der Waals surface area contributed by atoms with E-state index in [2.05, 4.69) is 5.32 Å². The Balaban J connectivity index is 1.80. The molecule has 0 saturated carbocycles. The summed E-state index contributed by atoms with van der Waals surface area (Å²) in [5.41, 5.74) is 2.88. The predicted octanol–water partition coefficient (Wildman–Crippen LogP) is 1.92. The van der Waals surface area contributed by atoms with Gasteiger partial charge in [-0.3, -0.25) is 4.79 Å². The monoisotopic (exact) mass is 290 g/mol. The average molecular weight is 290 g/mol. The van der Waals surface area contributed by atoms with Crippen LogP contribution in [0.25, 0.3) is 0 Å². The highest BCUT2D eigenvalue weighted by atomic mass is 16.6. The van der Waals surface area contributed by atoms with E-state index in [1.807, 2.05) is 26.0 Å². The molecule has 6 heteroatoms. The van der Waals surface area contributed by atoms with Crippen molar-refractivity contribution < 1.29 is 19.1 Å². The van der Waals surface area contributed by atoms with E-state index in [1.54, 1.807) is 4.90 Å². The fourth-order valence-electron chi connectivity index (χ4n) is 2.57. The number of benzene rings is 1. The van der Waals surface area contributed by atoms with Crippen LogP contribution in [0.3, 0.4) is 0 Å². The van der Waals surface area contributed by atoms with Crippen LogP contribution in [0, 0.1) is 0 Å². The Labute approximate surface area is 123 Å². The summed E-state index contributed by atoms with van der Waals surface area (Å²) in [6.07, 6.45) is 0.328. The second kappa shape index (κ2) is 5.27. The van der Waals surface area contributed by atoms with Gasteiger partial charge in [-0.25, -0.2) is 4.79 Å². The molecule has 0 unspecified atom stereocenters. The summed E-state index contributed by atoms with van der Waals surface area (Å²) in [4.78, 5) is 25.0. The van der Waals surface area contributed by atoms with Crippen molar-refractivity contribution in [2.24, 2.45) is 0 Å². The number of anilines is 1. The van der Waals surface area contributed by atoms with Gasteiger partial charge in [-0.2, -0.15) is 0 Å². The average Bonchev–Trinajstić information content (AvgIpc) is 2.43. The molecule has 6 nitrogen and oxygen atoms in total. The van der Waals surface area contributed by atoms with Gasteiger partial charge in [0.15, 0.2) is 6.61 Å². The fourth-order valence-corrected chi connectivity index (χ4v) is 2.57. The van der Waals surface area contributed by atoms with Gasteiger partial charge in [0.1, 0.15) is 5.75 Å². The third kappa shape index (κ3) is 2.79. The van der Waals surface area contributed by atoms with Crippen molar-refractivity contribution in [1.29, 1.82) is 0 Å². The molecule has 0 saturated heterocycles. The quantitative estimate of drug-likeness (QED) is 0.858. The number of nitrogens with one attached hydrogen (secondary N) is 1. The Morgan fingerprint density at radius 2 is 2.19 bits per heavy atom. The zero-order chi connectivity index (χ0) is 15.0. The van der Waals surface area contributed by atoms with Gasteiger partial charge in [0.05, 0.1) is 11.8 Å². The molecular formula is C15H18N2O4. The lowest BCUT2D eigenvalue weighted by atomic mass is 9.98. The van der Waals surface area contributed by atoms with Crippen LogP contribution in [0.15, 0.2) is 12.1 Å². The van der Waals surface area contributed by atoms with Gasteiger partial charge in [0.25, 0.3) is 5.91 Å². The van der Waals surface area contributed by atoms with Crippen molar-refractivity contribution in [2.45, 2.75) is 32.9 Å². The molecule has 0 bridgehead atoms. The molecule has 2 aliphatic heterocycles. The van der Waals surface area contributed by atoms with Crippen LogP contribution in [-0.4, -0.2) is 36.2 Å². The lowest BCUT2D eigenvalue weighted by molar-refractivity contribution is -0.118. The maximum absolute atomic E-state index is 12.0. The summed E-state index contributed by atoms with van der Waals surface area (Å²) in [7, 11) is 0. The molecule has 2 heterocycles. The predicted molar refractivity (Wildman–Crippen MR) is 76.3 cm³/mol. The zero-order valence-electron chi connectivity index (χ0n) is 12.1. The maximum Gasteiger partial charge on any atom is 0.410 e. The topological polar surface area (TPSA) is 67.9 Å². The van der Waals surface area contributed by atoms with Crippen LogP contribution in [0.4, 0.5) is 10.5 Å². The molecule has 1 aromatic carbocycles.